The van der Waals surface area contributed by atoms with Gasteiger partial charge in [-0.2, -0.15) is 0 Å². The van der Waals surface area contributed by atoms with Crippen LogP contribution >= 0.6 is 11.6 Å². The summed E-state index contributed by atoms with van der Waals surface area (Å²) in [7, 11) is 0. The Kier molecular flexibility index (Phi) is 4.00. The summed E-state index contributed by atoms with van der Waals surface area (Å²) in [6, 6.07) is 0. The third-order valence-corrected chi connectivity index (χ3v) is 0.910. The van der Waals surface area contributed by atoms with Gasteiger partial charge in [0, 0.05) is 0 Å². The van der Waals surface area contributed by atoms with E-state index < -0.39 is 6.80 Å². The minimum Gasteiger partial charge on any atom is -0.244 e. The van der Waals surface area contributed by atoms with Crippen LogP contribution in [-0.2, 0) is 0 Å². The maximum Gasteiger partial charge on any atom is 0.180 e. The second-order valence-corrected chi connectivity index (χ2v) is 1.44. The van der Waals surface area contributed by atoms with E-state index in [9.17, 15) is 4.39 Å². The number of hydrogen-bond acceptors (Lipinski definition) is 1. The average molecular weight is 124 g/mol. The molecule has 0 N–H and O–H groups in total. The zero-order valence-corrected chi connectivity index (χ0v) is 4.87. The molecule has 0 saturated carbocycles. The molecule has 0 aromatic heterocycles. The fourth-order valence-electron chi connectivity index (χ4n) is 0.177. The highest BCUT2D eigenvalue weighted by Gasteiger charge is 1.83. The van der Waals surface area contributed by atoms with Crippen molar-refractivity contribution >= 4 is 16.8 Å². The minimum absolute atomic E-state index is 0.350. The number of aliphatic imine (C=N–C) groups is 1. The zero-order chi connectivity index (χ0) is 5.70. The first-order valence-corrected chi connectivity index (χ1v) is 2.43. The molecule has 0 heterocycles. The smallest absolute Gasteiger partial charge is 0.180 e. The lowest BCUT2D eigenvalue weighted by atomic mass is 10.5. The number of nitrogens with zero attached hydrogens (tertiary/aromatic N) is 1. The van der Waals surface area contributed by atoms with Crippen molar-refractivity contribution in [3.63, 3.8) is 0 Å². The third-order valence-electron chi connectivity index (χ3n) is 0.523. The Balaban J connectivity index is 3.29. The van der Waals surface area contributed by atoms with E-state index in [0.717, 1.165) is 0 Å². The summed E-state index contributed by atoms with van der Waals surface area (Å²) in [6.07, 6.45) is 0.617. The Bertz CT molecular complexity index is 72.1. The second-order valence-electron chi connectivity index (χ2n) is 1.01. The van der Waals surface area contributed by atoms with Gasteiger partial charge in [-0.25, -0.2) is 9.38 Å². The maximum atomic E-state index is 11.2. The first-order valence-electron chi connectivity index (χ1n) is 2.06. The predicted molar refractivity (Wildman–Crippen MR) is 29.6 cm³/mol. The van der Waals surface area contributed by atoms with Crippen LogP contribution in [0, 0.1) is 0 Å². The minimum atomic E-state index is -0.702. The molecule has 0 rings (SSSR count). The van der Waals surface area contributed by atoms with E-state index in [1.165, 1.54) is 0 Å². The topological polar surface area (TPSA) is 12.4 Å². The Morgan fingerprint density at radius 1 is 1.86 bits per heavy atom. The Hall–Kier alpha value is -0.110. The summed E-state index contributed by atoms with van der Waals surface area (Å²) in [5, 5.41) is 0.350. The normalized spacial score (nSPS) is 12.1. The summed E-state index contributed by atoms with van der Waals surface area (Å²) >= 11 is 5.28. The molecular weight excluding hydrogens is 117 g/mol. The van der Waals surface area contributed by atoms with Crippen molar-refractivity contribution < 1.29 is 4.39 Å². The molecule has 0 spiro atoms. The van der Waals surface area contributed by atoms with E-state index in [-0.39, 0.29) is 0 Å². The van der Waals surface area contributed by atoms with E-state index >= 15 is 0 Å². The summed E-state index contributed by atoms with van der Waals surface area (Å²) in [4.78, 5) is 3.26. The molecule has 0 radical (unpaired) electrons. The number of rotatable bonds is 2. The van der Waals surface area contributed by atoms with E-state index in [1.807, 2.05) is 6.92 Å². The first kappa shape index (κ1) is 6.89. The van der Waals surface area contributed by atoms with Crippen LogP contribution in [0.15, 0.2) is 4.99 Å². The molecular formula is C4H7ClFN. The molecule has 0 unspecified atom stereocenters. The fraction of sp³-hybridized carbons (Fsp3) is 0.750. The van der Waals surface area contributed by atoms with Gasteiger partial charge < -0.3 is 0 Å². The molecule has 7 heavy (non-hydrogen) atoms. The molecule has 0 bridgehead atoms. The van der Waals surface area contributed by atoms with Crippen molar-refractivity contribution in [2.24, 2.45) is 4.99 Å². The van der Waals surface area contributed by atoms with Gasteiger partial charge in [0.25, 0.3) is 0 Å². The standard InChI is InChI=1S/C4H7ClFN/c1-2-4(5)7-3-6/h2-3H2,1H3. The number of alkyl halides is 1. The van der Waals surface area contributed by atoms with Crippen LogP contribution in [0.5, 0.6) is 0 Å². The Morgan fingerprint density at radius 3 is 2.57 bits per heavy atom. The van der Waals surface area contributed by atoms with E-state index in [2.05, 4.69) is 4.99 Å². The van der Waals surface area contributed by atoms with Gasteiger partial charge in [-0.15, -0.1) is 0 Å². The summed E-state index contributed by atoms with van der Waals surface area (Å²) < 4.78 is 11.2. The molecule has 0 aliphatic carbocycles. The lowest BCUT2D eigenvalue weighted by molar-refractivity contribution is 0.513. The predicted octanol–water partition coefficient (Wildman–Crippen LogP) is 1.96. The largest absolute Gasteiger partial charge is 0.244 e. The second kappa shape index (κ2) is 4.06. The van der Waals surface area contributed by atoms with Crippen LogP contribution in [0.25, 0.3) is 0 Å². The molecule has 42 valence electrons. The van der Waals surface area contributed by atoms with E-state index in [4.69, 9.17) is 11.6 Å². The molecule has 0 atom stereocenters. The Morgan fingerprint density at radius 2 is 2.43 bits per heavy atom. The molecule has 0 aromatic rings. The van der Waals surface area contributed by atoms with Crippen LogP contribution in [0.2, 0.25) is 0 Å². The monoisotopic (exact) mass is 123 g/mol. The van der Waals surface area contributed by atoms with Gasteiger partial charge in [-0.1, -0.05) is 18.5 Å². The van der Waals surface area contributed by atoms with Crippen molar-refractivity contribution in [3.8, 4) is 0 Å². The van der Waals surface area contributed by atoms with Crippen molar-refractivity contribution in [1.82, 2.24) is 0 Å². The maximum absolute atomic E-state index is 11.2. The summed E-state index contributed by atoms with van der Waals surface area (Å²) in [5.41, 5.74) is 0. The molecule has 0 aromatic carbocycles. The highest BCUT2D eigenvalue weighted by Crippen LogP contribution is 1.90. The SMILES string of the molecule is CCC(Cl)=NCF. The van der Waals surface area contributed by atoms with E-state index in [1.54, 1.807) is 0 Å². The molecule has 3 heteroatoms. The first-order chi connectivity index (χ1) is 3.31. The van der Waals surface area contributed by atoms with Gasteiger partial charge in [-0.3, -0.25) is 0 Å². The fourth-order valence-corrected chi connectivity index (χ4v) is 0.222. The van der Waals surface area contributed by atoms with Gasteiger partial charge in [0.05, 0.1) is 0 Å². The van der Waals surface area contributed by atoms with Gasteiger partial charge >= 0.3 is 0 Å². The van der Waals surface area contributed by atoms with Crippen LogP contribution in [-0.4, -0.2) is 12.0 Å². The summed E-state index contributed by atoms with van der Waals surface area (Å²) in [5.74, 6) is 0. The third kappa shape index (κ3) is 3.73. The lowest BCUT2D eigenvalue weighted by Crippen LogP contribution is -1.81. The van der Waals surface area contributed by atoms with E-state index in [0.29, 0.717) is 11.6 Å². The summed E-state index contributed by atoms with van der Waals surface area (Å²) in [6.45, 7) is 1.12. The quantitative estimate of drug-likeness (QED) is 0.393. The number of hydrogen-bond donors (Lipinski definition) is 0. The zero-order valence-electron chi connectivity index (χ0n) is 4.12. The lowest BCUT2D eigenvalue weighted by Gasteiger charge is -1.83. The average Bonchev–Trinajstić information content (AvgIpc) is 1.68. The van der Waals surface area contributed by atoms with Crippen LogP contribution in [0.1, 0.15) is 13.3 Å². The highest BCUT2D eigenvalue weighted by molar-refractivity contribution is 6.65. The highest BCUT2D eigenvalue weighted by atomic mass is 35.5. The van der Waals surface area contributed by atoms with Crippen molar-refractivity contribution in [2.45, 2.75) is 13.3 Å². The van der Waals surface area contributed by atoms with Crippen LogP contribution < -0.4 is 0 Å². The molecule has 0 amide bonds. The van der Waals surface area contributed by atoms with Crippen LogP contribution in [0.4, 0.5) is 4.39 Å². The molecule has 0 saturated heterocycles. The van der Waals surface area contributed by atoms with Gasteiger partial charge in [0.1, 0.15) is 5.17 Å². The number of halogens is 2. The van der Waals surface area contributed by atoms with Crippen molar-refractivity contribution in [1.29, 1.82) is 0 Å². The molecule has 0 fully saturated rings. The van der Waals surface area contributed by atoms with Gasteiger partial charge in [-0.05, 0) is 6.42 Å². The van der Waals surface area contributed by atoms with Crippen molar-refractivity contribution in [3.05, 3.63) is 0 Å². The molecule has 0 aliphatic rings. The molecule has 0 aliphatic heterocycles. The molecule has 1 nitrogen and oxygen atoms in total. The van der Waals surface area contributed by atoms with Crippen LogP contribution in [0.3, 0.4) is 0 Å². The van der Waals surface area contributed by atoms with Gasteiger partial charge in [0.15, 0.2) is 6.80 Å². The van der Waals surface area contributed by atoms with Gasteiger partial charge in [0.2, 0.25) is 0 Å². The van der Waals surface area contributed by atoms with Crippen molar-refractivity contribution in [2.75, 3.05) is 6.80 Å². The Labute approximate surface area is 47.2 Å².